The van der Waals surface area contributed by atoms with Crippen LogP contribution in [0.15, 0.2) is 79.0 Å². The van der Waals surface area contributed by atoms with E-state index in [4.69, 9.17) is 4.74 Å². The van der Waals surface area contributed by atoms with Gasteiger partial charge in [-0.25, -0.2) is 4.98 Å². The van der Waals surface area contributed by atoms with E-state index >= 15 is 0 Å². The van der Waals surface area contributed by atoms with Crippen LogP contribution in [-0.4, -0.2) is 27.7 Å². The third-order valence-corrected chi connectivity index (χ3v) is 4.70. The Morgan fingerprint density at radius 1 is 0.967 bits per heavy atom. The van der Waals surface area contributed by atoms with Crippen LogP contribution in [0.1, 0.15) is 23.7 Å². The summed E-state index contributed by atoms with van der Waals surface area (Å²) >= 11 is 0. The lowest BCUT2D eigenvalue weighted by Gasteiger charge is -2.09. The Morgan fingerprint density at radius 2 is 1.70 bits per heavy atom. The van der Waals surface area contributed by atoms with E-state index in [0.29, 0.717) is 29.2 Å². The predicted octanol–water partition coefficient (Wildman–Crippen LogP) is 4.61. The highest BCUT2D eigenvalue weighted by atomic mass is 16.5. The Kier molecular flexibility index (Phi) is 5.57. The zero-order valence-electron chi connectivity index (χ0n) is 16.5. The first-order chi connectivity index (χ1) is 14.7. The van der Waals surface area contributed by atoms with E-state index in [-0.39, 0.29) is 18.3 Å². The van der Waals surface area contributed by atoms with Gasteiger partial charge < -0.3 is 10.1 Å². The summed E-state index contributed by atoms with van der Waals surface area (Å²) in [6.45, 7) is 1.66. The van der Waals surface area contributed by atoms with E-state index in [0.717, 1.165) is 11.2 Å². The van der Waals surface area contributed by atoms with Crippen LogP contribution in [-0.2, 0) is 4.79 Å². The molecule has 0 unspecified atom stereocenters. The number of ketones is 1. The average molecular weight is 399 g/mol. The molecular formula is C24H21N3O3. The topological polar surface area (TPSA) is 72.7 Å². The minimum absolute atomic E-state index is 0.0698. The highest BCUT2D eigenvalue weighted by molar-refractivity contribution is 5.96. The van der Waals surface area contributed by atoms with Crippen molar-refractivity contribution in [3.05, 3.63) is 84.6 Å². The van der Waals surface area contributed by atoms with Gasteiger partial charge in [-0.05, 0) is 36.4 Å². The first-order valence-electron chi connectivity index (χ1n) is 9.74. The fourth-order valence-corrected chi connectivity index (χ4v) is 3.17. The van der Waals surface area contributed by atoms with Crippen molar-refractivity contribution in [1.29, 1.82) is 0 Å². The number of nitrogens with one attached hydrogen (secondary N) is 1. The van der Waals surface area contributed by atoms with Crippen molar-refractivity contribution in [3.63, 3.8) is 0 Å². The number of benzene rings is 2. The Hall–Kier alpha value is -3.93. The SMILES string of the molecule is CCC(=O)c1ccc(OCC(=O)Nc2c(-c3ccccc3)nc3ccccn23)cc1. The fraction of sp³-hybridized carbons (Fsp3) is 0.125. The van der Waals surface area contributed by atoms with Gasteiger partial charge in [-0.1, -0.05) is 43.3 Å². The van der Waals surface area contributed by atoms with E-state index < -0.39 is 0 Å². The molecule has 0 aliphatic rings. The van der Waals surface area contributed by atoms with Gasteiger partial charge >= 0.3 is 0 Å². The molecule has 30 heavy (non-hydrogen) atoms. The normalized spacial score (nSPS) is 10.7. The smallest absolute Gasteiger partial charge is 0.263 e. The summed E-state index contributed by atoms with van der Waals surface area (Å²) in [7, 11) is 0. The number of Topliss-reactive ketones (excluding diaryl/α,β-unsaturated/α-hetero) is 1. The number of pyridine rings is 1. The van der Waals surface area contributed by atoms with Crippen molar-refractivity contribution in [2.24, 2.45) is 0 Å². The molecule has 0 aliphatic heterocycles. The van der Waals surface area contributed by atoms with Gasteiger partial charge in [-0.15, -0.1) is 0 Å². The maximum Gasteiger partial charge on any atom is 0.263 e. The third kappa shape index (κ3) is 4.07. The Balaban J connectivity index is 1.51. The van der Waals surface area contributed by atoms with Crippen LogP contribution < -0.4 is 10.1 Å². The van der Waals surface area contributed by atoms with Crippen LogP contribution in [0.2, 0.25) is 0 Å². The maximum atomic E-state index is 12.6. The molecule has 6 nitrogen and oxygen atoms in total. The van der Waals surface area contributed by atoms with Crippen molar-refractivity contribution in [3.8, 4) is 17.0 Å². The number of aromatic nitrogens is 2. The van der Waals surface area contributed by atoms with Crippen LogP contribution in [0.3, 0.4) is 0 Å². The molecule has 0 aliphatic carbocycles. The Labute approximate surface area is 174 Å². The van der Waals surface area contributed by atoms with Crippen molar-refractivity contribution in [2.45, 2.75) is 13.3 Å². The first-order valence-corrected chi connectivity index (χ1v) is 9.74. The molecule has 0 radical (unpaired) electrons. The van der Waals surface area contributed by atoms with Gasteiger partial charge in [0, 0.05) is 23.7 Å². The molecular weight excluding hydrogens is 378 g/mol. The van der Waals surface area contributed by atoms with Gasteiger partial charge in [-0.2, -0.15) is 0 Å². The molecule has 1 amide bonds. The summed E-state index contributed by atoms with van der Waals surface area (Å²) in [6.07, 6.45) is 2.31. The lowest BCUT2D eigenvalue weighted by Crippen LogP contribution is -2.21. The van der Waals surface area contributed by atoms with Gasteiger partial charge in [-0.3, -0.25) is 14.0 Å². The highest BCUT2D eigenvalue weighted by Crippen LogP contribution is 2.28. The second kappa shape index (κ2) is 8.61. The number of nitrogens with zero attached hydrogens (tertiary/aromatic N) is 2. The predicted molar refractivity (Wildman–Crippen MR) is 116 cm³/mol. The first kappa shape index (κ1) is 19.4. The summed E-state index contributed by atoms with van der Waals surface area (Å²) in [4.78, 5) is 29.0. The van der Waals surface area contributed by atoms with Gasteiger partial charge in [0.2, 0.25) is 0 Å². The summed E-state index contributed by atoms with van der Waals surface area (Å²) in [6, 6.07) is 22.2. The van der Waals surface area contributed by atoms with Crippen LogP contribution in [0.25, 0.3) is 16.9 Å². The molecule has 0 bridgehead atoms. The molecule has 0 saturated heterocycles. The summed E-state index contributed by atoms with van der Waals surface area (Å²) in [5.74, 6) is 0.889. The number of amides is 1. The number of anilines is 1. The zero-order valence-corrected chi connectivity index (χ0v) is 16.5. The minimum Gasteiger partial charge on any atom is -0.484 e. The van der Waals surface area contributed by atoms with Gasteiger partial charge in [0.25, 0.3) is 5.91 Å². The van der Waals surface area contributed by atoms with Crippen molar-refractivity contribution in [2.75, 3.05) is 11.9 Å². The quantitative estimate of drug-likeness (QED) is 0.461. The number of hydrogen-bond donors (Lipinski definition) is 1. The van der Waals surface area contributed by atoms with Crippen molar-refractivity contribution in [1.82, 2.24) is 9.38 Å². The van der Waals surface area contributed by atoms with E-state index in [9.17, 15) is 9.59 Å². The highest BCUT2D eigenvalue weighted by Gasteiger charge is 2.16. The Morgan fingerprint density at radius 3 is 2.43 bits per heavy atom. The number of fused-ring (bicyclic) bond motifs is 1. The number of carbonyl (C=O) groups is 2. The molecule has 1 N–H and O–H groups in total. The monoisotopic (exact) mass is 399 g/mol. The minimum atomic E-state index is -0.299. The summed E-state index contributed by atoms with van der Waals surface area (Å²) < 4.78 is 7.43. The van der Waals surface area contributed by atoms with Gasteiger partial charge in [0.15, 0.2) is 12.4 Å². The van der Waals surface area contributed by atoms with E-state index in [1.807, 2.05) is 66.1 Å². The van der Waals surface area contributed by atoms with Crippen molar-refractivity contribution < 1.29 is 14.3 Å². The molecule has 2 aromatic heterocycles. The van der Waals surface area contributed by atoms with Crippen LogP contribution in [0.4, 0.5) is 5.82 Å². The molecule has 4 aromatic rings. The van der Waals surface area contributed by atoms with Gasteiger partial charge in [0.1, 0.15) is 22.9 Å². The maximum absolute atomic E-state index is 12.6. The molecule has 6 heteroatoms. The van der Waals surface area contributed by atoms with Gasteiger partial charge in [0.05, 0.1) is 0 Å². The largest absolute Gasteiger partial charge is 0.484 e. The van der Waals surface area contributed by atoms with Crippen LogP contribution in [0.5, 0.6) is 5.75 Å². The lowest BCUT2D eigenvalue weighted by atomic mass is 10.1. The summed E-state index contributed by atoms with van der Waals surface area (Å²) in [5.41, 5.74) is 2.97. The van der Waals surface area contributed by atoms with Crippen molar-refractivity contribution >= 4 is 23.2 Å². The molecule has 0 fully saturated rings. The number of hydrogen-bond acceptors (Lipinski definition) is 4. The fourth-order valence-electron chi connectivity index (χ4n) is 3.17. The molecule has 4 rings (SSSR count). The van der Waals surface area contributed by atoms with E-state index in [2.05, 4.69) is 10.3 Å². The lowest BCUT2D eigenvalue weighted by molar-refractivity contribution is -0.118. The third-order valence-electron chi connectivity index (χ3n) is 4.70. The molecule has 0 spiro atoms. The number of imidazole rings is 1. The molecule has 0 saturated carbocycles. The molecule has 0 atom stereocenters. The van der Waals surface area contributed by atoms with E-state index in [1.165, 1.54) is 0 Å². The molecule has 2 aromatic carbocycles. The van der Waals surface area contributed by atoms with Crippen LogP contribution in [0, 0.1) is 0 Å². The second-order valence-corrected chi connectivity index (χ2v) is 6.74. The standard InChI is InChI=1S/C24H21N3O3/c1-2-20(28)17-11-13-19(14-12-17)30-16-22(29)26-24-23(18-8-4-3-5-9-18)25-21-10-6-7-15-27(21)24/h3-15H,2,16H2,1H3,(H,26,29). The van der Waals surface area contributed by atoms with Crippen LogP contribution >= 0.6 is 0 Å². The number of ether oxygens (including phenoxy) is 1. The molecule has 2 heterocycles. The molecule has 150 valence electrons. The average Bonchev–Trinajstić information content (AvgIpc) is 3.16. The zero-order chi connectivity index (χ0) is 20.9. The Bertz CT molecular complexity index is 1180. The number of carbonyl (C=O) groups excluding carboxylic acids is 2. The number of rotatable bonds is 7. The summed E-state index contributed by atoms with van der Waals surface area (Å²) in [5, 5.41) is 2.92. The van der Waals surface area contributed by atoms with E-state index in [1.54, 1.807) is 24.3 Å². The second-order valence-electron chi connectivity index (χ2n) is 6.74.